The topological polar surface area (TPSA) is 64.3 Å². The summed E-state index contributed by atoms with van der Waals surface area (Å²) in [5, 5.41) is 9.13. The van der Waals surface area contributed by atoms with Crippen molar-refractivity contribution < 1.29 is 14.6 Å². The van der Waals surface area contributed by atoms with Crippen LogP contribution in [0.25, 0.3) is 0 Å². The quantitative estimate of drug-likeness (QED) is 0.740. The molecule has 0 spiro atoms. The van der Waals surface area contributed by atoms with Crippen LogP contribution in [0, 0.1) is 0 Å². The molecule has 0 aromatic carbocycles. The summed E-state index contributed by atoms with van der Waals surface area (Å²) < 4.78 is 7.23. The monoisotopic (exact) mass is 208 g/mol. The van der Waals surface area contributed by atoms with E-state index < -0.39 is 12.0 Å². The Hall–Kier alpha value is -1.52. The van der Waals surface area contributed by atoms with Gasteiger partial charge in [0.15, 0.2) is 0 Å². The molecule has 0 radical (unpaired) electrons. The molecule has 0 amide bonds. The lowest BCUT2D eigenvalue weighted by Gasteiger charge is -2.22. The standard InChI is InChI=1S/C10H12N2O3/c13-10(14)7-2-1-3-8-11-6-4-5-15-9(6)12(7)8/h7H,1-5H2,(H,13,14). The summed E-state index contributed by atoms with van der Waals surface area (Å²) in [5.41, 5.74) is 0.929. The summed E-state index contributed by atoms with van der Waals surface area (Å²) in [7, 11) is 0. The predicted octanol–water partition coefficient (Wildman–Crippen LogP) is 0.780. The van der Waals surface area contributed by atoms with E-state index in [0.29, 0.717) is 18.9 Å². The van der Waals surface area contributed by atoms with Gasteiger partial charge in [0, 0.05) is 12.8 Å². The van der Waals surface area contributed by atoms with E-state index in [0.717, 1.165) is 30.8 Å². The van der Waals surface area contributed by atoms with Crippen LogP contribution in [0.1, 0.15) is 30.4 Å². The maximum atomic E-state index is 11.1. The van der Waals surface area contributed by atoms with E-state index in [4.69, 9.17) is 9.84 Å². The predicted molar refractivity (Wildman–Crippen MR) is 51.0 cm³/mol. The van der Waals surface area contributed by atoms with E-state index in [1.54, 1.807) is 4.57 Å². The zero-order valence-electron chi connectivity index (χ0n) is 8.27. The molecule has 1 aromatic rings. The number of hydrogen-bond acceptors (Lipinski definition) is 3. The number of aromatic nitrogens is 2. The number of hydrogen-bond donors (Lipinski definition) is 1. The fourth-order valence-corrected chi connectivity index (χ4v) is 2.39. The lowest BCUT2D eigenvalue weighted by atomic mass is 10.1. The fourth-order valence-electron chi connectivity index (χ4n) is 2.39. The minimum atomic E-state index is -0.786. The zero-order chi connectivity index (χ0) is 10.4. The van der Waals surface area contributed by atoms with Gasteiger partial charge in [0.05, 0.1) is 6.61 Å². The van der Waals surface area contributed by atoms with Gasteiger partial charge in [-0.25, -0.2) is 9.78 Å². The molecule has 1 unspecified atom stereocenters. The lowest BCUT2D eigenvalue weighted by molar-refractivity contribution is -0.141. The number of aryl methyl sites for hydroxylation is 1. The molecule has 1 atom stereocenters. The molecule has 15 heavy (non-hydrogen) atoms. The van der Waals surface area contributed by atoms with Crippen molar-refractivity contribution in [3.05, 3.63) is 11.5 Å². The molecule has 0 saturated heterocycles. The van der Waals surface area contributed by atoms with Crippen LogP contribution in [0.5, 0.6) is 5.88 Å². The SMILES string of the molecule is O=C(O)C1CCCc2nc3c(n21)OCC3. The first kappa shape index (κ1) is 8.76. The van der Waals surface area contributed by atoms with Crippen LogP contribution in [0.15, 0.2) is 0 Å². The highest BCUT2D eigenvalue weighted by Crippen LogP contribution is 2.35. The molecule has 1 N–H and O–H groups in total. The first-order chi connectivity index (χ1) is 7.27. The third-order valence-corrected chi connectivity index (χ3v) is 3.06. The highest BCUT2D eigenvalue weighted by Gasteiger charge is 2.33. The van der Waals surface area contributed by atoms with Crippen molar-refractivity contribution in [3.63, 3.8) is 0 Å². The van der Waals surface area contributed by atoms with Gasteiger partial charge < -0.3 is 9.84 Å². The van der Waals surface area contributed by atoms with Crippen molar-refractivity contribution in [3.8, 4) is 5.88 Å². The number of imidazole rings is 1. The Morgan fingerprint density at radius 2 is 2.40 bits per heavy atom. The number of ether oxygens (including phenoxy) is 1. The minimum absolute atomic E-state index is 0.483. The summed E-state index contributed by atoms with van der Waals surface area (Å²) in [5.74, 6) is 0.780. The number of nitrogens with zero attached hydrogens (tertiary/aromatic N) is 2. The summed E-state index contributed by atoms with van der Waals surface area (Å²) in [4.78, 5) is 15.5. The van der Waals surface area contributed by atoms with Crippen molar-refractivity contribution in [2.75, 3.05) is 6.61 Å². The molecule has 3 rings (SSSR count). The summed E-state index contributed by atoms with van der Waals surface area (Å²) in [6, 6.07) is -0.483. The van der Waals surface area contributed by atoms with Crippen LogP contribution in [0.4, 0.5) is 0 Å². The van der Waals surface area contributed by atoms with Gasteiger partial charge in [-0.05, 0) is 12.8 Å². The second-order valence-corrected chi connectivity index (χ2v) is 3.99. The summed E-state index contributed by atoms with van der Waals surface area (Å²) in [6.45, 7) is 0.629. The lowest BCUT2D eigenvalue weighted by Crippen LogP contribution is -2.25. The second-order valence-electron chi connectivity index (χ2n) is 3.99. The molecule has 0 saturated carbocycles. The molecule has 5 nitrogen and oxygen atoms in total. The van der Waals surface area contributed by atoms with Gasteiger partial charge in [-0.1, -0.05) is 0 Å². The van der Waals surface area contributed by atoms with Crippen molar-refractivity contribution >= 4 is 5.97 Å². The van der Waals surface area contributed by atoms with Gasteiger partial charge in [-0.15, -0.1) is 0 Å². The zero-order valence-corrected chi connectivity index (χ0v) is 8.27. The molecule has 2 aliphatic heterocycles. The molecule has 2 aliphatic rings. The Morgan fingerprint density at radius 3 is 3.20 bits per heavy atom. The van der Waals surface area contributed by atoms with Crippen LogP contribution in [0.2, 0.25) is 0 Å². The van der Waals surface area contributed by atoms with Crippen LogP contribution in [0.3, 0.4) is 0 Å². The largest absolute Gasteiger partial charge is 0.480 e. The summed E-state index contributed by atoms with van der Waals surface area (Å²) in [6.07, 6.45) is 3.24. The Bertz CT molecular complexity index is 425. The minimum Gasteiger partial charge on any atom is -0.480 e. The molecule has 0 aliphatic carbocycles. The van der Waals surface area contributed by atoms with E-state index in [1.807, 2.05) is 0 Å². The molecule has 5 heteroatoms. The van der Waals surface area contributed by atoms with Crippen LogP contribution >= 0.6 is 0 Å². The average Bonchev–Trinajstić information content (AvgIpc) is 2.75. The molecule has 80 valence electrons. The Balaban J connectivity index is 2.12. The van der Waals surface area contributed by atoms with E-state index in [9.17, 15) is 4.79 Å². The van der Waals surface area contributed by atoms with Crippen LogP contribution in [-0.2, 0) is 17.6 Å². The Kier molecular flexibility index (Phi) is 1.74. The first-order valence-corrected chi connectivity index (χ1v) is 5.23. The molecule has 1 aromatic heterocycles. The highest BCUT2D eigenvalue weighted by atomic mass is 16.5. The number of fused-ring (bicyclic) bond motifs is 3. The average molecular weight is 208 g/mol. The fraction of sp³-hybridized carbons (Fsp3) is 0.600. The molecule has 3 heterocycles. The smallest absolute Gasteiger partial charge is 0.326 e. The van der Waals surface area contributed by atoms with Crippen molar-refractivity contribution in [2.24, 2.45) is 0 Å². The van der Waals surface area contributed by atoms with Gasteiger partial charge in [-0.2, -0.15) is 0 Å². The summed E-state index contributed by atoms with van der Waals surface area (Å²) >= 11 is 0. The van der Waals surface area contributed by atoms with Gasteiger partial charge in [0.1, 0.15) is 17.6 Å². The van der Waals surface area contributed by atoms with E-state index in [-0.39, 0.29) is 0 Å². The maximum Gasteiger partial charge on any atom is 0.326 e. The second kappa shape index (κ2) is 2.98. The van der Waals surface area contributed by atoms with Crippen LogP contribution < -0.4 is 4.74 Å². The van der Waals surface area contributed by atoms with Gasteiger partial charge in [-0.3, -0.25) is 4.57 Å². The Labute approximate surface area is 86.7 Å². The third kappa shape index (κ3) is 1.15. The number of carboxylic acids is 1. The number of carbonyl (C=O) groups is 1. The van der Waals surface area contributed by atoms with Crippen molar-refractivity contribution in [2.45, 2.75) is 31.7 Å². The number of aliphatic carboxylic acids is 1. The van der Waals surface area contributed by atoms with Gasteiger partial charge >= 0.3 is 5.97 Å². The molecule has 0 fully saturated rings. The van der Waals surface area contributed by atoms with E-state index in [1.165, 1.54) is 0 Å². The van der Waals surface area contributed by atoms with Gasteiger partial charge in [0.25, 0.3) is 0 Å². The third-order valence-electron chi connectivity index (χ3n) is 3.06. The van der Waals surface area contributed by atoms with Gasteiger partial charge in [0.2, 0.25) is 5.88 Å². The molecule has 0 bridgehead atoms. The van der Waals surface area contributed by atoms with Crippen molar-refractivity contribution in [1.82, 2.24) is 9.55 Å². The molecular formula is C10H12N2O3. The van der Waals surface area contributed by atoms with Crippen molar-refractivity contribution in [1.29, 1.82) is 0 Å². The first-order valence-electron chi connectivity index (χ1n) is 5.23. The highest BCUT2D eigenvalue weighted by molar-refractivity contribution is 5.72. The number of rotatable bonds is 1. The normalized spacial score (nSPS) is 23.1. The van der Waals surface area contributed by atoms with Crippen LogP contribution in [-0.4, -0.2) is 27.2 Å². The Morgan fingerprint density at radius 1 is 1.53 bits per heavy atom. The maximum absolute atomic E-state index is 11.1. The van der Waals surface area contributed by atoms with E-state index in [2.05, 4.69) is 4.98 Å². The number of carboxylic acid groups (broad SMARTS) is 1. The van der Waals surface area contributed by atoms with E-state index >= 15 is 0 Å². The molecular weight excluding hydrogens is 196 g/mol.